The SMILES string of the molecule is [C-]#[N+]c1ccc(N2CCN(Cc3ccc(CO)c(F)c3)CC2)cc1OCC. The van der Waals surface area contributed by atoms with Crippen LogP contribution in [0, 0.1) is 12.4 Å². The van der Waals surface area contributed by atoms with E-state index >= 15 is 0 Å². The number of ether oxygens (including phenoxy) is 1. The Hall–Kier alpha value is -2.62. The van der Waals surface area contributed by atoms with Crippen LogP contribution in [0.2, 0.25) is 0 Å². The molecule has 2 aromatic carbocycles. The Bertz CT molecular complexity index is 827. The second-order valence-electron chi connectivity index (χ2n) is 6.54. The van der Waals surface area contributed by atoms with E-state index in [1.807, 2.05) is 31.2 Å². The van der Waals surface area contributed by atoms with Gasteiger partial charge < -0.3 is 14.7 Å². The van der Waals surface area contributed by atoms with Gasteiger partial charge in [0, 0.05) is 44.0 Å². The van der Waals surface area contributed by atoms with Gasteiger partial charge >= 0.3 is 0 Å². The molecule has 142 valence electrons. The molecule has 1 heterocycles. The molecule has 0 amide bonds. The molecule has 0 spiro atoms. The molecule has 1 N–H and O–H groups in total. The average Bonchev–Trinajstić information content (AvgIpc) is 2.69. The van der Waals surface area contributed by atoms with Gasteiger partial charge in [0.15, 0.2) is 0 Å². The Labute approximate surface area is 159 Å². The van der Waals surface area contributed by atoms with E-state index in [-0.39, 0.29) is 12.4 Å². The molecule has 5 nitrogen and oxygen atoms in total. The first kappa shape index (κ1) is 19.2. The first-order valence-corrected chi connectivity index (χ1v) is 9.14. The molecule has 0 aliphatic carbocycles. The minimum Gasteiger partial charge on any atom is -0.505 e. The van der Waals surface area contributed by atoms with Crippen molar-refractivity contribution >= 4 is 11.4 Å². The maximum atomic E-state index is 13.8. The van der Waals surface area contributed by atoms with Crippen LogP contribution in [0.5, 0.6) is 5.75 Å². The number of hydrogen-bond acceptors (Lipinski definition) is 4. The minimum absolute atomic E-state index is 0.277. The van der Waals surface area contributed by atoms with Gasteiger partial charge in [0.2, 0.25) is 5.69 Å². The molecule has 0 atom stereocenters. The van der Waals surface area contributed by atoms with E-state index in [0.717, 1.165) is 37.4 Å². The maximum absolute atomic E-state index is 13.8. The van der Waals surface area contributed by atoms with Crippen molar-refractivity contribution in [1.29, 1.82) is 0 Å². The van der Waals surface area contributed by atoms with Gasteiger partial charge in [-0.1, -0.05) is 18.2 Å². The summed E-state index contributed by atoms with van der Waals surface area (Å²) in [5, 5.41) is 9.07. The zero-order valence-electron chi connectivity index (χ0n) is 15.5. The lowest BCUT2D eigenvalue weighted by molar-refractivity contribution is 0.249. The van der Waals surface area contributed by atoms with Crippen LogP contribution < -0.4 is 9.64 Å². The number of anilines is 1. The number of halogens is 1. The molecule has 0 radical (unpaired) electrons. The third-order valence-corrected chi connectivity index (χ3v) is 4.80. The second kappa shape index (κ2) is 8.85. The first-order valence-electron chi connectivity index (χ1n) is 9.14. The van der Waals surface area contributed by atoms with Crippen LogP contribution in [0.4, 0.5) is 15.8 Å². The molecule has 27 heavy (non-hydrogen) atoms. The summed E-state index contributed by atoms with van der Waals surface area (Å²) >= 11 is 0. The van der Waals surface area contributed by atoms with E-state index in [1.54, 1.807) is 6.07 Å². The molecule has 1 aliphatic rings. The summed E-state index contributed by atoms with van der Waals surface area (Å²) in [5.74, 6) is 0.281. The Morgan fingerprint density at radius 1 is 1.15 bits per heavy atom. The molecule has 1 saturated heterocycles. The molecule has 0 bridgehead atoms. The summed E-state index contributed by atoms with van der Waals surface area (Å²) < 4.78 is 19.4. The summed E-state index contributed by atoms with van der Waals surface area (Å²) in [6, 6.07) is 10.7. The van der Waals surface area contributed by atoms with E-state index in [9.17, 15) is 4.39 Å². The van der Waals surface area contributed by atoms with Crippen molar-refractivity contribution in [1.82, 2.24) is 4.90 Å². The van der Waals surface area contributed by atoms with Crippen LogP contribution in [-0.4, -0.2) is 42.8 Å². The maximum Gasteiger partial charge on any atom is 0.228 e. The van der Waals surface area contributed by atoms with Crippen LogP contribution in [-0.2, 0) is 13.2 Å². The molecule has 0 aromatic heterocycles. The topological polar surface area (TPSA) is 40.3 Å². The van der Waals surface area contributed by atoms with Gasteiger partial charge in [-0.25, -0.2) is 9.24 Å². The summed E-state index contributed by atoms with van der Waals surface area (Å²) in [6.07, 6.45) is 0. The first-order chi connectivity index (χ1) is 13.1. The number of aliphatic hydroxyl groups excluding tert-OH is 1. The molecule has 1 fully saturated rings. The zero-order valence-corrected chi connectivity index (χ0v) is 15.5. The monoisotopic (exact) mass is 369 g/mol. The van der Waals surface area contributed by atoms with E-state index in [4.69, 9.17) is 16.4 Å². The third-order valence-electron chi connectivity index (χ3n) is 4.80. The van der Waals surface area contributed by atoms with E-state index in [2.05, 4.69) is 14.6 Å². The molecule has 6 heteroatoms. The Morgan fingerprint density at radius 2 is 1.93 bits per heavy atom. The smallest absolute Gasteiger partial charge is 0.228 e. The van der Waals surface area contributed by atoms with Gasteiger partial charge in [-0.05, 0) is 30.7 Å². The van der Waals surface area contributed by atoms with Crippen molar-refractivity contribution in [3.63, 3.8) is 0 Å². The highest BCUT2D eigenvalue weighted by molar-refractivity contribution is 5.65. The number of rotatable bonds is 6. The van der Waals surface area contributed by atoms with Crippen LogP contribution in [0.1, 0.15) is 18.1 Å². The lowest BCUT2D eigenvalue weighted by Crippen LogP contribution is -2.46. The summed E-state index contributed by atoms with van der Waals surface area (Å²) in [7, 11) is 0. The molecule has 0 unspecified atom stereocenters. The Kier molecular flexibility index (Phi) is 6.28. The quantitative estimate of drug-likeness (QED) is 0.790. The fourth-order valence-electron chi connectivity index (χ4n) is 3.30. The number of benzene rings is 2. The number of hydrogen-bond donors (Lipinski definition) is 1. The molecular weight excluding hydrogens is 345 g/mol. The van der Waals surface area contributed by atoms with Crippen molar-refractivity contribution in [2.24, 2.45) is 0 Å². The number of nitrogens with zero attached hydrogens (tertiary/aromatic N) is 3. The van der Waals surface area contributed by atoms with Gasteiger partial charge in [0.05, 0.1) is 19.8 Å². The standard InChI is InChI=1S/C21H24FN3O2/c1-3-27-21-13-18(6-7-20(21)23-2)25-10-8-24(9-11-25)14-16-4-5-17(15-26)19(22)12-16/h4-7,12-13,26H,3,8-11,14-15H2,1H3. The largest absolute Gasteiger partial charge is 0.505 e. The van der Waals surface area contributed by atoms with Crippen LogP contribution >= 0.6 is 0 Å². The molecular formula is C21H24FN3O2. The van der Waals surface area contributed by atoms with Crippen molar-refractivity contribution in [3.8, 4) is 5.75 Å². The van der Waals surface area contributed by atoms with E-state index in [0.29, 0.717) is 30.2 Å². The van der Waals surface area contributed by atoms with Crippen molar-refractivity contribution < 1.29 is 14.2 Å². The zero-order chi connectivity index (χ0) is 19.2. The predicted molar refractivity (Wildman–Crippen MR) is 104 cm³/mol. The molecule has 3 rings (SSSR count). The van der Waals surface area contributed by atoms with Crippen molar-refractivity contribution in [2.45, 2.75) is 20.1 Å². The van der Waals surface area contributed by atoms with Crippen LogP contribution in [0.3, 0.4) is 0 Å². The van der Waals surface area contributed by atoms with Crippen molar-refractivity contribution in [2.75, 3.05) is 37.7 Å². The average molecular weight is 369 g/mol. The van der Waals surface area contributed by atoms with Gasteiger partial charge in [-0.2, -0.15) is 0 Å². The van der Waals surface area contributed by atoms with Crippen LogP contribution in [0.15, 0.2) is 36.4 Å². The minimum atomic E-state index is -0.350. The molecule has 2 aromatic rings. The Balaban J connectivity index is 1.61. The molecule has 0 saturated carbocycles. The van der Waals surface area contributed by atoms with Gasteiger partial charge in [0.1, 0.15) is 11.6 Å². The third kappa shape index (κ3) is 4.57. The molecule has 1 aliphatic heterocycles. The highest BCUT2D eigenvalue weighted by Crippen LogP contribution is 2.32. The number of piperazine rings is 1. The summed E-state index contributed by atoms with van der Waals surface area (Å²) in [6.45, 7) is 13.6. The highest BCUT2D eigenvalue weighted by Gasteiger charge is 2.19. The number of aliphatic hydroxyl groups is 1. The fourth-order valence-corrected chi connectivity index (χ4v) is 3.30. The Morgan fingerprint density at radius 3 is 2.56 bits per heavy atom. The van der Waals surface area contributed by atoms with Gasteiger partial charge in [-0.15, -0.1) is 0 Å². The second-order valence-corrected chi connectivity index (χ2v) is 6.54. The lowest BCUT2D eigenvalue weighted by Gasteiger charge is -2.36. The van der Waals surface area contributed by atoms with Crippen LogP contribution in [0.25, 0.3) is 4.85 Å². The van der Waals surface area contributed by atoms with Gasteiger partial charge in [-0.3, -0.25) is 4.90 Å². The fraction of sp³-hybridized carbons (Fsp3) is 0.381. The van der Waals surface area contributed by atoms with Crippen molar-refractivity contribution in [3.05, 3.63) is 64.8 Å². The lowest BCUT2D eigenvalue weighted by atomic mass is 10.1. The predicted octanol–water partition coefficient (Wildman–Crippen LogP) is 3.59. The summed E-state index contributed by atoms with van der Waals surface area (Å²) in [5.41, 5.74) is 2.84. The van der Waals surface area contributed by atoms with E-state index in [1.165, 1.54) is 6.07 Å². The highest BCUT2D eigenvalue weighted by atomic mass is 19.1. The van der Waals surface area contributed by atoms with E-state index < -0.39 is 0 Å². The summed E-state index contributed by atoms with van der Waals surface area (Å²) in [4.78, 5) is 8.08. The van der Waals surface area contributed by atoms with Gasteiger partial charge in [0.25, 0.3) is 0 Å². The normalized spacial score (nSPS) is 14.8.